The molecule has 3 rings (SSSR count). The van der Waals surface area contributed by atoms with E-state index < -0.39 is 0 Å². The number of nitrogen functional groups attached to an aromatic ring is 1. The standard InChI is InChI=1S/C19H23ClN4O2/c1-12-15(13(2)23-19(21)22-12)11-18(25)24-9-7-14(8-10-24)26-17-6-4-3-5-16(17)20/h3-6,14H,7-11H2,1-2H3,(H2,21,22,23). The van der Waals surface area contributed by atoms with Crippen molar-refractivity contribution in [2.75, 3.05) is 18.8 Å². The molecule has 6 nitrogen and oxygen atoms in total. The van der Waals surface area contributed by atoms with E-state index >= 15 is 0 Å². The number of carbonyl (C=O) groups is 1. The second-order valence-electron chi connectivity index (χ2n) is 6.54. The largest absolute Gasteiger partial charge is 0.489 e. The van der Waals surface area contributed by atoms with Gasteiger partial charge in [-0.2, -0.15) is 0 Å². The Bertz CT molecular complexity index is 781. The summed E-state index contributed by atoms with van der Waals surface area (Å²) in [5.74, 6) is 1.03. The number of aryl methyl sites for hydroxylation is 2. The fourth-order valence-corrected chi connectivity index (χ4v) is 3.41. The van der Waals surface area contributed by atoms with Gasteiger partial charge in [0.1, 0.15) is 11.9 Å². The smallest absolute Gasteiger partial charge is 0.227 e. The summed E-state index contributed by atoms with van der Waals surface area (Å²) >= 11 is 6.14. The number of hydrogen-bond acceptors (Lipinski definition) is 5. The Balaban J connectivity index is 1.56. The van der Waals surface area contributed by atoms with Gasteiger partial charge in [-0.15, -0.1) is 0 Å². The van der Waals surface area contributed by atoms with Crippen LogP contribution >= 0.6 is 11.6 Å². The Morgan fingerprint density at radius 1 is 1.23 bits per heavy atom. The maximum atomic E-state index is 12.7. The molecule has 1 aliphatic rings. The Labute approximate surface area is 158 Å². The van der Waals surface area contributed by atoms with Crippen LogP contribution in [0.4, 0.5) is 5.95 Å². The molecule has 2 heterocycles. The molecule has 138 valence electrons. The number of piperidine rings is 1. The highest BCUT2D eigenvalue weighted by molar-refractivity contribution is 6.32. The molecule has 26 heavy (non-hydrogen) atoms. The molecule has 1 aromatic carbocycles. The van der Waals surface area contributed by atoms with Gasteiger partial charge in [0.25, 0.3) is 0 Å². The van der Waals surface area contributed by atoms with Crippen LogP contribution in [-0.4, -0.2) is 40.0 Å². The third-order valence-electron chi connectivity index (χ3n) is 4.69. The first kappa shape index (κ1) is 18.5. The number of likely N-dealkylation sites (tertiary alicyclic amines) is 1. The Kier molecular flexibility index (Phi) is 5.61. The summed E-state index contributed by atoms with van der Waals surface area (Å²) in [4.78, 5) is 22.9. The number of halogens is 1. The number of benzene rings is 1. The van der Waals surface area contributed by atoms with E-state index in [1.54, 1.807) is 0 Å². The lowest BCUT2D eigenvalue weighted by Gasteiger charge is -2.32. The van der Waals surface area contributed by atoms with Gasteiger partial charge in [-0.1, -0.05) is 23.7 Å². The van der Waals surface area contributed by atoms with Crippen LogP contribution in [0.15, 0.2) is 24.3 Å². The predicted molar refractivity (Wildman–Crippen MR) is 101 cm³/mol. The first-order chi connectivity index (χ1) is 12.4. The number of ether oxygens (including phenoxy) is 1. The molecule has 2 aromatic rings. The maximum absolute atomic E-state index is 12.7. The first-order valence-corrected chi connectivity index (χ1v) is 9.10. The van der Waals surface area contributed by atoms with Crippen LogP contribution in [0, 0.1) is 13.8 Å². The van der Waals surface area contributed by atoms with Crippen molar-refractivity contribution in [3.8, 4) is 5.75 Å². The van der Waals surface area contributed by atoms with Gasteiger partial charge >= 0.3 is 0 Å². The van der Waals surface area contributed by atoms with E-state index in [1.165, 1.54) is 0 Å². The molecule has 1 fully saturated rings. The topological polar surface area (TPSA) is 81.3 Å². The fourth-order valence-electron chi connectivity index (χ4n) is 3.23. The van der Waals surface area contributed by atoms with Crippen molar-refractivity contribution < 1.29 is 9.53 Å². The summed E-state index contributed by atoms with van der Waals surface area (Å²) in [5, 5.41) is 0.611. The number of carbonyl (C=O) groups excluding carboxylic acids is 1. The number of aromatic nitrogens is 2. The Hall–Kier alpha value is -2.34. The van der Waals surface area contributed by atoms with Gasteiger partial charge in [0.2, 0.25) is 11.9 Å². The Morgan fingerprint density at radius 3 is 2.46 bits per heavy atom. The van der Waals surface area contributed by atoms with Crippen molar-refractivity contribution in [1.29, 1.82) is 0 Å². The van der Waals surface area contributed by atoms with E-state index in [-0.39, 0.29) is 18.0 Å². The second-order valence-corrected chi connectivity index (χ2v) is 6.94. The minimum Gasteiger partial charge on any atom is -0.489 e. The molecule has 0 radical (unpaired) electrons. The number of nitrogens with two attached hydrogens (primary N) is 1. The van der Waals surface area contributed by atoms with E-state index in [0.717, 1.165) is 29.8 Å². The SMILES string of the molecule is Cc1nc(N)nc(C)c1CC(=O)N1CCC(Oc2ccccc2Cl)CC1. The molecule has 0 aliphatic carbocycles. The minimum atomic E-state index is 0.0716. The van der Waals surface area contributed by atoms with E-state index in [9.17, 15) is 4.79 Å². The van der Waals surface area contributed by atoms with E-state index in [2.05, 4.69) is 9.97 Å². The van der Waals surface area contributed by atoms with Crippen LogP contribution < -0.4 is 10.5 Å². The summed E-state index contributed by atoms with van der Waals surface area (Å²) in [6.07, 6.45) is 1.94. The van der Waals surface area contributed by atoms with E-state index in [4.69, 9.17) is 22.1 Å². The minimum absolute atomic E-state index is 0.0716. The molecule has 0 atom stereocenters. The molecule has 1 aliphatic heterocycles. The highest BCUT2D eigenvalue weighted by Gasteiger charge is 2.25. The Morgan fingerprint density at radius 2 is 1.85 bits per heavy atom. The van der Waals surface area contributed by atoms with Gasteiger partial charge in [0.05, 0.1) is 11.4 Å². The zero-order valence-electron chi connectivity index (χ0n) is 15.0. The number of amides is 1. The third kappa shape index (κ3) is 4.25. The molecule has 1 amide bonds. The number of hydrogen-bond donors (Lipinski definition) is 1. The van der Waals surface area contributed by atoms with Crippen LogP contribution in [0.3, 0.4) is 0 Å². The van der Waals surface area contributed by atoms with E-state index in [1.807, 2.05) is 43.0 Å². The van der Waals surface area contributed by atoms with Gasteiger partial charge in [0.15, 0.2) is 0 Å². The lowest BCUT2D eigenvalue weighted by atomic mass is 10.0. The quantitative estimate of drug-likeness (QED) is 0.889. The molecule has 7 heteroatoms. The molecule has 2 N–H and O–H groups in total. The van der Waals surface area contributed by atoms with Crippen LogP contribution in [0.25, 0.3) is 0 Å². The van der Waals surface area contributed by atoms with Gasteiger partial charge in [0, 0.05) is 42.9 Å². The summed E-state index contributed by atoms with van der Waals surface area (Å²) in [7, 11) is 0. The van der Waals surface area contributed by atoms with Crippen LogP contribution in [0.1, 0.15) is 29.8 Å². The molecule has 1 aromatic heterocycles. The molecule has 1 saturated heterocycles. The number of nitrogens with zero attached hydrogens (tertiary/aromatic N) is 3. The van der Waals surface area contributed by atoms with E-state index in [0.29, 0.717) is 30.3 Å². The van der Waals surface area contributed by atoms with Crippen molar-refractivity contribution in [1.82, 2.24) is 14.9 Å². The average Bonchev–Trinajstić information content (AvgIpc) is 2.60. The van der Waals surface area contributed by atoms with Crippen LogP contribution in [-0.2, 0) is 11.2 Å². The van der Waals surface area contributed by atoms with Crippen molar-refractivity contribution in [2.45, 2.75) is 39.2 Å². The van der Waals surface area contributed by atoms with Gasteiger partial charge < -0.3 is 15.4 Å². The lowest BCUT2D eigenvalue weighted by molar-refractivity contribution is -0.132. The normalized spacial score (nSPS) is 15.1. The maximum Gasteiger partial charge on any atom is 0.227 e. The van der Waals surface area contributed by atoms with Crippen molar-refractivity contribution in [3.63, 3.8) is 0 Å². The molecular formula is C19H23ClN4O2. The molecule has 0 unspecified atom stereocenters. The van der Waals surface area contributed by atoms with Crippen molar-refractivity contribution >= 4 is 23.5 Å². The zero-order valence-corrected chi connectivity index (χ0v) is 15.8. The number of rotatable bonds is 4. The fraction of sp³-hybridized carbons (Fsp3) is 0.421. The van der Waals surface area contributed by atoms with Gasteiger partial charge in [-0.25, -0.2) is 9.97 Å². The summed E-state index contributed by atoms with van der Waals surface area (Å²) in [6.45, 7) is 5.05. The number of para-hydroxylation sites is 1. The summed E-state index contributed by atoms with van der Waals surface area (Å²) < 4.78 is 5.98. The zero-order chi connectivity index (χ0) is 18.7. The molecule has 0 bridgehead atoms. The summed E-state index contributed by atoms with van der Waals surface area (Å²) in [6, 6.07) is 7.46. The third-order valence-corrected chi connectivity index (χ3v) is 5.00. The van der Waals surface area contributed by atoms with Crippen LogP contribution in [0.2, 0.25) is 5.02 Å². The van der Waals surface area contributed by atoms with Crippen LogP contribution in [0.5, 0.6) is 5.75 Å². The second kappa shape index (κ2) is 7.91. The van der Waals surface area contributed by atoms with Gasteiger partial charge in [-0.3, -0.25) is 4.79 Å². The van der Waals surface area contributed by atoms with Gasteiger partial charge in [-0.05, 0) is 26.0 Å². The van der Waals surface area contributed by atoms with Crippen molar-refractivity contribution in [2.24, 2.45) is 0 Å². The molecule has 0 saturated carbocycles. The highest BCUT2D eigenvalue weighted by atomic mass is 35.5. The lowest BCUT2D eigenvalue weighted by Crippen LogP contribution is -2.42. The monoisotopic (exact) mass is 374 g/mol. The summed E-state index contributed by atoms with van der Waals surface area (Å²) in [5.41, 5.74) is 8.04. The molecular weight excluding hydrogens is 352 g/mol. The molecule has 0 spiro atoms. The van der Waals surface area contributed by atoms with Crippen molar-refractivity contribution in [3.05, 3.63) is 46.2 Å². The first-order valence-electron chi connectivity index (χ1n) is 8.72. The number of anilines is 1. The highest BCUT2D eigenvalue weighted by Crippen LogP contribution is 2.27. The predicted octanol–water partition coefficient (Wildman–Crippen LogP) is 2.94. The average molecular weight is 375 g/mol.